The van der Waals surface area contributed by atoms with Gasteiger partial charge < -0.3 is 24.8 Å². The molecule has 0 saturated carbocycles. The van der Waals surface area contributed by atoms with E-state index in [1.54, 1.807) is 6.26 Å². The highest BCUT2D eigenvalue weighted by Crippen LogP contribution is 2.32. The average molecular weight is 367 g/mol. The van der Waals surface area contributed by atoms with Crippen LogP contribution in [0.1, 0.15) is 6.92 Å². The molecule has 0 aliphatic carbocycles. The van der Waals surface area contributed by atoms with Crippen LogP contribution in [0.3, 0.4) is 0 Å². The van der Waals surface area contributed by atoms with Crippen LogP contribution in [0.2, 0.25) is 5.02 Å². The van der Waals surface area contributed by atoms with E-state index in [0.29, 0.717) is 18.2 Å². The number of fused-ring (bicyclic) bond motifs is 1. The van der Waals surface area contributed by atoms with Gasteiger partial charge in [0.25, 0.3) is 0 Å². The van der Waals surface area contributed by atoms with Crippen LogP contribution in [0.4, 0.5) is 5.69 Å². The zero-order valence-corrected chi connectivity index (χ0v) is 14.4. The lowest BCUT2D eigenvalue weighted by Crippen LogP contribution is -2.49. The highest BCUT2D eigenvalue weighted by molar-refractivity contribution is 6.31. The van der Waals surface area contributed by atoms with E-state index in [2.05, 4.69) is 17.1 Å². The van der Waals surface area contributed by atoms with E-state index >= 15 is 0 Å². The van der Waals surface area contributed by atoms with Crippen molar-refractivity contribution in [3.05, 3.63) is 41.6 Å². The number of nitrogens with one attached hydrogen (secondary N) is 1. The Bertz CT molecular complexity index is 770. The topological polar surface area (TPSA) is 103 Å². The third-order valence-electron chi connectivity index (χ3n) is 3.57. The van der Waals surface area contributed by atoms with Gasteiger partial charge in [0.15, 0.2) is 5.58 Å². The van der Waals surface area contributed by atoms with Crippen molar-refractivity contribution >= 4 is 40.2 Å². The number of carboxylic acid groups (broad SMARTS) is 2. The van der Waals surface area contributed by atoms with Crippen molar-refractivity contribution in [2.75, 3.05) is 24.5 Å². The molecular formula is C17H19ClN2O5. The van der Waals surface area contributed by atoms with Gasteiger partial charge in [0.2, 0.25) is 0 Å². The van der Waals surface area contributed by atoms with Crippen LogP contribution in [0, 0.1) is 0 Å². The molecule has 0 unspecified atom stereocenters. The lowest BCUT2D eigenvalue weighted by atomic mass is 10.1. The first-order valence-electron chi connectivity index (χ1n) is 7.66. The van der Waals surface area contributed by atoms with E-state index in [1.165, 1.54) is 0 Å². The maximum absolute atomic E-state index is 9.55. The normalized spacial score (nSPS) is 17.4. The second-order valence-corrected chi connectivity index (χ2v) is 6.01. The van der Waals surface area contributed by atoms with Gasteiger partial charge in [-0.25, -0.2) is 9.59 Å². The maximum atomic E-state index is 9.55. The fourth-order valence-electron chi connectivity index (χ4n) is 2.56. The van der Waals surface area contributed by atoms with Crippen molar-refractivity contribution < 1.29 is 24.2 Å². The molecule has 2 aromatic rings. The molecule has 3 N–H and O–H groups in total. The van der Waals surface area contributed by atoms with Crippen molar-refractivity contribution in [2.45, 2.75) is 13.0 Å². The number of rotatable bonds is 3. The molecule has 134 valence electrons. The second-order valence-electron chi connectivity index (χ2n) is 5.57. The van der Waals surface area contributed by atoms with Crippen LogP contribution in [-0.4, -0.2) is 47.8 Å². The highest BCUT2D eigenvalue weighted by Gasteiger charge is 2.19. The molecule has 1 saturated heterocycles. The Balaban J connectivity index is 0.000000242. The van der Waals surface area contributed by atoms with Crippen LogP contribution < -0.4 is 10.2 Å². The Morgan fingerprint density at radius 2 is 2.00 bits per heavy atom. The Kier molecular flexibility index (Phi) is 6.44. The lowest BCUT2D eigenvalue weighted by Gasteiger charge is -2.33. The lowest BCUT2D eigenvalue weighted by molar-refractivity contribution is -0.134. The van der Waals surface area contributed by atoms with Crippen molar-refractivity contribution in [2.24, 2.45) is 0 Å². The number of piperazine rings is 1. The molecule has 2 heterocycles. The van der Waals surface area contributed by atoms with Crippen molar-refractivity contribution in [3.8, 4) is 0 Å². The summed E-state index contributed by atoms with van der Waals surface area (Å²) in [5.41, 5.74) is 2.04. The molecule has 1 aromatic carbocycles. The molecule has 8 heteroatoms. The first kappa shape index (κ1) is 18.8. The summed E-state index contributed by atoms with van der Waals surface area (Å²) in [7, 11) is 0. The minimum atomic E-state index is -1.26. The number of benzene rings is 1. The Hall–Kier alpha value is -2.51. The molecule has 7 nitrogen and oxygen atoms in total. The Morgan fingerprint density at radius 1 is 1.32 bits per heavy atom. The van der Waals surface area contributed by atoms with E-state index in [9.17, 15) is 9.59 Å². The molecule has 1 fully saturated rings. The molecule has 1 aromatic heterocycles. The number of halogens is 1. The summed E-state index contributed by atoms with van der Waals surface area (Å²) >= 11 is 6.15. The summed E-state index contributed by atoms with van der Waals surface area (Å²) in [5, 5.41) is 20.9. The second kappa shape index (κ2) is 8.55. The monoisotopic (exact) mass is 366 g/mol. The van der Waals surface area contributed by atoms with Gasteiger partial charge in [-0.15, -0.1) is 0 Å². The number of anilines is 1. The number of hydrogen-bond donors (Lipinski definition) is 3. The van der Waals surface area contributed by atoms with Crippen LogP contribution in [-0.2, 0) is 9.59 Å². The molecule has 25 heavy (non-hydrogen) atoms. The van der Waals surface area contributed by atoms with Crippen LogP contribution in [0.5, 0.6) is 0 Å². The fraction of sp³-hybridized carbons (Fsp3) is 0.294. The van der Waals surface area contributed by atoms with Gasteiger partial charge in [-0.3, -0.25) is 0 Å². The number of carboxylic acids is 2. The van der Waals surface area contributed by atoms with Crippen molar-refractivity contribution in [1.29, 1.82) is 0 Å². The maximum Gasteiger partial charge on any atom is 0.328 e. The quantitative estimate of drug-likeness (QED) is 0.717. The predicted molar refractivity (Wildman–Crippen MR) is 95.3 cm³/mol. The fourth-order valence-corrected chi connectivity index (χ4v) is 2.78. The van der Waals surface area contributed by atoms with Crippen LogP contribution >= 0.6 is 11.6 Å². The summed E-state index contributed by atoms with van der Waals surface area (Å²) in [6.07, 6.45) is 2.83. The summed E-state index contributed by atoms with van der Waals surface area (Å²) in [6.45, 7) is 5.16. The summed E-state index contributed by atoms with van der Waals surface area (Å²) < 4.78 is 5.57. The Morgan fingerprint density at radius 3 is 2.60 bits per heavy atom. The van der Waals surface area contributed by atoms with E-state index in [1.807, 2.05) is 18.2 Å². The van der Waals surface area contributed by atoms with Gasteiger partial charge >= 0.3 is 11.9 Å². The number of aliphatic carboxylic acids is 2. The number of hydrogen-bond acceptors (Lipinski definition) is 5. The van der Waals surface area contributed by atoms with Gasteiger partial charge in [0.05, 0.1) is 12.0 Å². The third kappa shape index (κ3) is 5.51. The Labute approximate surface area is 149 Å². The van der Waals surface area contributed by atoms with E-state index in [-0.39, 0.29) is 0 Å². The first-order valence-corrected chi connectivity index (χ1v) is 8.03. The SMILES string of the molecule is C[C@H]1CN(c2cc(Cl)cc3ccoc23)CCN1.O=C(O)C=CC(=O)O. The molecular weight excluding hydrogens is 348 g/mol. The zero-order chi connectivity index (χ0) is 18.4. The highest BCUT2D eigenvalue weighted by atomic mass is 35.5. The van der Waals surface area contributed by atoms with Crippen molar-refractivity contribution in [1.82, 2.24) is 5.32 Å². The molecule has 0 spiro atoms. The van der Waals surface area contributed by atoms with Crippen molar-refractivity contribution in [3.63, 3.8) is 0 Å². The standard InChI is InChI=1S/C13H15ClN2O.C4H4O4/c1-9-8-16(4-3-15-9)12-7-11(14)6-10-2-5-17-13(10)12;5-3(6)1-2-4(7)8/h2,5-7,9,15H,3-4,8H2,1H3;1-2H,(H,5,6)(H,7,8)/t9-;/m0./s1. The molecule has 3 rings (SSSR count). The van der Waals surface area contributed by atoms with Gasteiger partial charge in [0.1, 0.15) is 0 Å². The average Bonchev–Trinajstić information content (AvgIpc) is 3.01. The largest absolute Gasteiger partial charge is 0.478 e. The summed E-state index contributed by atoms with van der Waals surface area (Å²) in [6, 6.07) is 6.38. The van der Waals surface area contributed by atoms with E-state index < -0.39 is 11.9 Å². The van der Waals surface area contributed by atoms with Crippen LogP contribution in [0.15, 0.2) is 41.0 Å². The molecule has 0 radical (unpaired) electrons. The molecule has 1 aliphatic rings. The van der Waals surface area contributed by atoms with Gasteiger partial charge in [-0.1, -0.05) is 11.6 Å². The smallest absolute Gasteiger partial charge is 0.328 e. The number of nitrogens with zero attached hydrogens (tertiary/aromatic N) is 1. The molecule has 1 aliphatic heterocycles. The third-order valence-corrected chi connectivity index (χ3v) is 3.79. The minimum Gasteiger partial charge on any atom is -0.478 e. The first-order chi connectivity index (χ1) is 11.9. The molecule has 0 amide bonds. The van der Waals surface area contributed by atoms with Crippen LogP contribution in [0.25, 0.3) is 11.0 Å². The zero-order valence-electron chi connectivity index (χ0n) is 13.6. The van der Waals surface area contributed by atoms with E-state index in [0.717, 1.165) is 41.3 Å². The predicted octanol–water partition coefficient (Wildman–Crippen LogP) is 2.60. The van der Waals surface area contributed by atoms with Gasteiger partial charge in [-0.05, 0) is 25.1 Å². The minimum absolute atomic E-state index is 0.493. The van der Waals surface area contributed by atoms with E-state index in [4.69, 9.17) is 26.2 Å². The van der Waals surface area contributed by atoms with Gasteiger partial charge in [0, 0.05) is 48.2 Å². The summed E-state index contributed by atoms with van der Waals surface area (Å²) in [4.78, 5) is 21.4. The number of carbonyl (C=O) groups is 2. The summed E-state index contributed by atoms with van der Waals surface area (Å²) in [5.74, 6) is -2.51. The molecule has 0 bridgehead atoms. The number of furan rings is 1. The van der Waals surface area contributed by atoms with Gasteiger partial charge in [-0.2, -0.15) is 0 Å². The molecule has 1 atom stereocenters.